The first-order valence-corrected chi connectivity index (χ1v) is 11.9. The molecule has 0 atom stereocenters. The van der Waals surface area contributed by atoms with Crippen LogP contribution in [-0.2, 0) is 4.74 Å². The molecule has 0 aromatic heterocycles. The molecule has 0 radical (unpaired) electrons. The predicted octanol–water partition coefficient (Wildman–Crippen LogP) is 5.24. The number of rotatable bonds is 8. The molecule has 34 heavy (non-hydrogen) atoms. The van der Waals surface area contributed by atoms with Gasteiger partial charge < -0.3 is 25.6 Å². The number of carbonyl (C=O) groups excluding carboxylic acids is 2. The Morgan fingerprint density at radius 1 is 0.941 bits per heavy atom. The summed E-state index contributed by atoms with van der Waals surface area (Å²) in [7, 11) is 1.65. The molecule has 4 rings (SSSR count). The molecule has 1 heterocycles. The zero-order valence-corrected chi connectivity index (χ0v) is 19.6. The number of piperidine rings is 1. The summed E-state index contributed by atoms with van der Waals surface area (Å²) in [6.45, 7) is 2.98. The van der Waals surface area contributed by atoms with Crippen LogP contribution in [0.2, 0.25) is 0 Å². The molecule has 3 aromatic carbocycles. The first kappa shape index (κ1) is 23.6. The minimum absolute atomic E-state index is 0.144. The van der Waals surface area contributed by atoms with Gasteiger partial charge in [-0.3, -0.25) is 4.79 Å². The molecule has 3 N–H and O–H groups in total. The topological polar surface area (TPSA) is 82.7 Å². The third-order valence-electron chi connectivity index (χ3n) is 6.04. The monoisotopic (exact) mass is 460 g/mol. The van der Waals surface area contributed by atoms with Crippen LogP contribution in [0.1, 0.15) is 36.0 Å². The molecule has 7 heteroatoms. The van der Waals surface area contributed by atoms with Gasteiger partial charge in [0.2, 0.25) is 0 Å². The van der Waals surface area contributed by atoms with Crippen LogP contribution in [0.5, 0.6) is 0 Å². The minimum Gasteiger partial charge on any atom is -0.385 e. The summed E-state index contributed by atoms with van der Waals surface area (Å²) in [5.41, 5.74) is 2.78. The van der Waals surface area contributed by atoms with E-state index in [1.165, 1.54) is 6.42 Å². The lowest BCUT2D eigenvalue weighted by Gasteiger charge is -2.30. The average Bonchev–Trinajstić information content (AvgIpc) is 2.87. The highest BCUT2D eigenvalue weighted by Crippen LogP contribution is 2.28. The number of hydrogen-bond donors (Lipinski definition) is 3. The molecule has 7 nitrogen and oxygen atoms in total. The SMILES string of the molecule is COCCCNC(=O)c1cc(NC(=O)Nc2cccc3ccccc23)ccc1N1CCCCC1. The number of urea groups is 1. The summed E-state index contributed by atoms with van der Waals surface area (Å²) in [4.78, 5) is 28.1. The van der Waals surface area contributed by atoms with Gasteiger partial charge >= 0.3 is 6.03 Å². The van der Waals surface area contributed by atoms with Crippen molar-refractivity contribution in [2.75, 3.05) is 48.9 Å². The molecule has 3 aromatic rings. The minimum atomic E-state index is -0.353. The van der Waals surface area contributed by atoms with Crippen molar-refractivity contribution in [1.29, 1.82) is 0 Å². The van der Waals surface area contributed by atoms with E-state index >= 15 is 0 Å². The van der Waals surface area contributed by atoms with Crippen LogP contribution >= 0.6 is 0 Å². The van der Waals surface area contributed by atoms with Crippen LogP contribution < -0.4 is 20.9 Å². The summed E-state index contributed by atoms with van der Waals surface area (Å²) in [6.07, 6.45) is 4.18. The van der Waals surface area contributed by atoms with Crippen LogP contribution in [0.15, 0.2) is 60.7 Å². The van der Waals surface area contributed by atoms with Gasteiger partial charge in [-0.2, -0.15) is 0 Å². The number of amides is 3. The van der Waals surface area contributed by atoms with Crippen molar-refractivity contribution in [3.05, 3.63) is 66.2 Å². The highest BCUT2D eigenvalue weighted by molar-refractivity contribution is 6.07. The molecule has 0 unspecified atom stereocenters. The van der Waals surface area contributed by atoms with Gasteiger partial charge in [-0.05, 0) is 55.3 Å². The molecule has 0 saturated carbocycles. The van der Waals surface area contributed by atoms with Crippen LogP contribution in [-0.4, -0.2) is 45.3 Å². The quantitative estimate of drug-likeness (QED) is 0.402. The molecule has 1 saturated heterocycles. The zero-order chi connectivity index (χ0) is 23.8. The summed E-state index contributed by atoms with van der Waals surface area (Å²) in [5.74, 6) is -0.144. The second-order valence-corrected chi connectivity index (χ2v) is 8.49. The van der Waals surface area contributed by atoms with Crippen LogP contribution in [0.4, 0.5) is 21.9 Å². The summed E-state index contributed by atoms with van der Waals surface area (Å²) < 4.78 is 5.07. The number of anilines is 3. The lowest BCUT2D eigenvalue weighted by Crippen LogP contribution is -2.33. The van der Waals surface area contributed by atoms with E-state index in [1.54, 1.807) is 13.2 Å². The van der Waals surface area contributed by atoms with Crippen molar-refractivity contribution in [2.45, 2.75) is 25.7 Å². The van der Waals surface area contributed by atoms with Gasteiger partial charge in [0.25, 0.3) is 5.91 Å². The van der Waals surface area contributed by atoms with E-state index in [-0.39, 0.29) is 11.9 Å². The predicted molar refractivity (Wildman–Crippen MR) is 138 cm³/mol. The average molecular weight is 461 g/mol. The van der Waals surface area contributed by atoms with E-state index in [0.29, 0.717) is 24.4 Å². The maximum Gasteiger partial charge on any atom is 0.323 e. The fraction of sp³-hybridized carbons (Fsp3) is 0.333. The van der Waals surface area contributed by atoms with E-state index in [0.717, 1.165) is 54.5 Å². The molecule has 1 fully saturated rings. The van der Waals surface area contributed by atoms with Gasteiger partial charge in [-0.25, -0.2) is 4.79 Å². The number of carbonyl (C=O) groups is 2. The Kier molecular flexibility index (Phi) is 7.99. The van der Waals surface area contributed by atoms with E-state index in [1.807, 2.05) is 54.6 Å². The smallest absolute Gasteiger partial charge is 0.323 e. The number of nitrogens with one attached hydrogen (secondary N) is 3. The second-order valence-electron chi connectivity index (χ2n) is 8.49. The number of methoxy groups -OCH3 is 1. The van der Waals surface area contributed by atoms with Gasteiger partial charge in [0.1, 0.15) is 0 Å². The normalized spacial score (nSPS) is 13.5. The van der Waals surface area contributed by atoms with Gasteiger partial charge in [0.05, 0.1) is 11.3 Å². The number of hydrogen-bond acceptors (Lipinski definition) is 4. The molecule has 178 valence electrons. The third-order valence-corrected chi connectivity index (χ3v) is 6.04. The molecule has 3 amide bonds. The maximum atomic E-state index is 13.0. The van der Waals surface area contributed by atoms with Crippen molar-refractivity contribution in [3.8, 4) is 0 Å². The first-order valence-electron chi connectivity index (χ1n) is 11.9. The molecule has 0 aliphatic carbocycles. The van der Waals surface area contributed by atoms with E-state index in [2.05, 4.69) is 20.9 Å². The zero-order valence-electron chi connectivity index (χ0n) is 19.6. The van der Waals surface area contributed by atoms with Crippen LogP contribution in [0.3, 0.4) is 0 Å². The third kappa shape index (κ3) is 5.85. The summed E-state index contributed by atoms with van der Waals surface area (Å²) in [5, 5.41) is 10.8. The standard InChI is InChI=1S/C27H32N4O3/c1-34-18-8-15-28-26(32)23-19-21(13-14-25(23)31-16-5-2-6-17-31)29-27(33)30-24-12-7-10-20-9-3-4-11-22(20)24/h3-4,7,9-14,19H,2,5-6,8,15-18H2,1H3,(H,28,32)(H2,29,30,33). The fourth-order valence-electron chi connectivity index (χ4n) is 4.34. The van der Waals surface area contributed by atoms with Crippen molar-refractivity contribution < 1.29 is 14.3 Å². The lowest BCUT2D eigenvalue weighted by atomic mass is 10.1. The van der Waals surface area contributed by atoms with Crippen LogP contribution in [0.25, 0.3) is 10.8 Å². The largest absolute Gasteiger partial charge is 0.385 e. The van der Waals surface area contributed by atoms with Crippen molar-refractivity contribution in [3.63, 3.8) is 0 Å². The van der Waals surface area contributed by atoms with Gasteiger partial charge in [-0.1, -0.05) is 36.4 Å². The number of fused-ring (bicyclic) bond motifs is 1. The Hall–Kier alpha value is -3.58. The van der Waals surface area contributed by atoms with Crippen LogP contribution in [0, 0.1) is 0 Å². The molecular formula is C27H32N4O3. The van der Waals surface area contributed by atoms with Gasteiger partial charge in [-0.15, -0.1) is 0 Å². The van der Waals surface area contributed by atoms with Crippen molar-refractivity contribution in [1.82, 2.24) is 5.32 Å². The highest BCUT2D eigenvalue weighted by Gasteiger charge is 2.19. The fourth-order valence-corrected chi connectivity index (χ4v) is 4.34. The highest BCUT2D eigenvalue weighted by atomic mass is 16.5. The molecular weight excluding hydrogens is 428 g/mol. The number of benzene rings is 3. The van der Waals surface area contributed by atoms with Gasteiger partial charge in [0, 0.05) is 50.1 Å². The Balaban J connectivity index is 1.51. The Morgan fingerprint density at radius 3 is 2.56 bits per heavy atom. The number of nitrogens with zero attached hydrogens (tertiary/aromatic N) is 1. The molecule has 0 bridgehead atoms. The maximum absolute atomic E-state index is 13.0. The number of ether oxygens (including phenoxy) is 1. The lowest BCUT2D eigenvalue weighted by molar-refractivity contribution is 0.0949. The molecule has 1 aliphatic rings. The van der Waals surface area contributed by atoms with Crippen molar-refractivity contribution >= 4 is 39.8 Å². The summed E-state index contributed by atoms with van der Waals surface area (Å²) >= 11 is 0. The second kappa shape index (κ2) is 11.5. The van der Waals surface area contributed by atoms with Gasteiger partial charge in [0.15, 0.2) is 0 Å². The first-order chi connectivity index (χ1) is 16.7. The van der Waals surface area contributed by atoms with E-state index in [9.17, 15) is 9.59 Å². The Labute approximate surface area is 200 Å². The Bertz CT molecular complexity index is 1140. The summed E-state index contributed by atoms with van der Waals surface area (Å²) in [6, 6.07) is 18.9. The molecule has 0 spiro atoms. The van der Waals surface area contributed by atoms with Crippen molar-refractivity contribution in [2.24, 2.45) is 0 Å². The van der Waals surface area contributed by atoms with E-state index < -0.39 is 0 Å². The molecule has 1 aliphatic heterocycles. The Morgan fingerprint density at radius 2 is 1.74 bits per heavy atom. The van der Waals surface area contributed by atoms with E-state index in [4.69, 9.17) is 4.74 Å².